The lowest BCUT2D eigenvalue weighted by Crippen LogP contribution is -2.07. The molecule has 0 saturated heterocycles. The quantitative estimate of drug-likeness (QED) is 0.943. The minimum absolute atomic E-state index is 0.891. The molecule has 0 radical (unpaired) electrons. The minimum Gasteiger partial charge on any atom is -0.316 e. The summed E-state index contributed by atoms with van der Waals surface area (Å²) in [5.41, 5.74) is 5.82. The Morgan fingerprint density at radius 3 is 2.50 bits per heavy atom. The van der Waals surface area contributed by atoms with Gasteiger partial charge in [-0.3, -0.25) is 0 Å². The van der Waals surface area contributed by atoms with E-state index in [9.17, 15) is 0 Å². The first-order chi connectivity index (χ1) is 8.54. The average molecular weight is 308 g/mol. The first-order valence-electron chi connectivity index (χ1n) is 6.00. The number of nitrogens with zero attached hydrogens (tertiary/aromatic N) is 2. The van der Waals surface area contributed by atoms with Gasteiger partial charge in [0.05, 0.1) is 21.5 Å². The Balaban J connectivity index is 2.48. The number of hydrogen-bond acceptors (Lipinski definition) is 2. The van der Waals surface area contributed by atoms with Crippen molar-refractivity contribution in [2.24, 2.45) is 0 Å². The molecule has 1 N–H and O–H groups in total. The Bertz CT molecular complexity index is 573. The number of halogens is 1. The third-order valence-corrected chi connectivity index (χ3v) is 4.22. The molecule has 96 valence electrons. The summed E-state index contributed by atoms with van der Waals surface area (Å²) in [6, 6.07) is 6.48. The second-order valence-electron chi connectivity index (χ2n) is 4.55. The van der Waals surface area contributed by atoms with Gasteiger partial charge in [-0.25, -0.2) is 4.68 Å². The van der Waals surface area contributed by atoms with Crippen LogP contribution in [0.4, 0.5) is 0 Å². The molecule has 0 bridgehead atoms. The predicted molar refractivity (Wildman–Crippen MR) is 78.2 cm³/mol. The molecule has 0 amide bonds. The van der Waals surface area contributed by atoms with E-state index in [0.717, 1.165) is 28.1 Å². The van der Waals surface area contributed by atoms with Crippen molar-refractivity contribution in [3.63, 3.8) is 0 Å². The molecule has 1 heterocycles. The minimum atomic E-state index is 0.891. The molecule has 0 saturated carbocycles. The van der Waals surface area contributed by atoms with Crippen molar-refractivity contribution < 1.29 is 0 Å². The zero-order valence-corrected chi connectivity index (χ0v) is 12.8. The molecule has 0 aliphatic carbocycles. The van der Waals surface area contributed by atoms with Gasteiger partial charge >= 0.3 is 0 Å². The molecule has 1 aromatic heterocycles. The van der Waals surface area contributed by atoms with Crippen LogP contribution in [0, 0.1) is 20.8 Å². The standard InChI is InChI=1S/C14H18BrN3/c1-9-7-12(8-16-4)5-6-13(9)18-11(3)14(15)10(2)17-18/h5-7,16H,8H2,1-4H3. The van der Waals surface area contributed by atoms with E-state index in [-0.39, 0.29) is 0 Å². The molecular weight excluding hydrogens is 290 g/mol. The zero-order chi connectivity index (χ0) is 13.3. The van der Waals surface area contributed by atoms with E-state index < -0.39 is 0 Å². The van der Waals surface area contributed by atoms with Gasteiger partial charge in [-0.05, 0) is 60.9 Å². The smallest absolute Gasteiger partial charge is 0.0743 e. The highest BCUT2D eigenvalue weighted by Gasteiger charge is 2.11. The van der Waals surface area contributed by atoms with Crippen LogP contribution in [0.3, 0.4) is 0 Å². The SMILES string of the molecule is CNCc1ccc(-n2nc(C)c(Br)c2C)c(C)c1. The van der Waals surface area contributed by atoms with Gasteiger partial charge in [0.1, 0.15) is 0 Å². The first kappa shape index (κ1) is 13.3. The second kappa shape index (κ2) is 5.24. The molecule has 0 spiro atoms. The summed E-state index contributed by atoms with van der Waals surface area (Å²) < 4.78 is 3.08. The van der Waals surface area contributed by atoms with Crippen molar-refractivity contribution in [3.05, 3.63) is 45.2 Å². The van der Waals surface area contributed by atoms with Gasteiger partial charge in [0.15, 0.2) is 0 Å². The van der Waals surface area contributed by atoms with Crippen LogP contribution in [0.5, 0.6) is 0 Å². The van der Waals surface area contributed by atoms with Gasteiger partial charge in [0.2, 0.25) is 0 Å². The van der Waals surface area contributed by atoms with E-state index in [4.69, 9.17) is 0 Å². The van der Waals surface area contributed by atoms with Gasteiger partial charge in [-0.1, -0.05) is 12.1 Å². The van der Waals surface area contributed by atoms with Crippen molar-refractivity contribution in [2.45, 2.75) is 27.3 Å². The number of nitrogens with one attached hydrogen (secondary N) is 1. The molecule has 0 aliphatic heterocycles. The van der Waals surface area contributed by atoms with Crippen LogP contribution in [-0.4, -0.2) is 16.8 Å². The van der Waals surface area contributed by atoms with Crippen molar-refractivity contribution in [1.82, 2.24) is 15.1 Å². The summed E-state index contributed by atoms with van der Waals surface area (Å²) in [5, 5.41) is 7.74. The zero-order valence-electron chi connectivity index (χ0n) is 11.2. The van der Waals surface area contributed by atoms with E-state index >= 15 is 0 Å². The van der Waals surface area contributed by atoms with Crippen LogP contribution in [0.15, 0.2) is 22.7 Å². The second-order valence-corrected chi connectivity index (χ2v) is 5.34. The summed E-state index contributed by atoms with van der Waals surface area (Å²) in [5.74, 6) is 0. The number of aromatic nitrogens is 2. The summed E-state index contributed by atoms with van der Waals surface area (Å²) in [6.07, 6.45) is 0. The number of aryl methyl sites for hydroxylation is 2. The lowest BCUT2D eigenvalue weighted by Gasteiger charge is -2.10. The van der Waals surface area contributed by atoms with Gasteiger partial charge in [-0.2, -0.15) is 5.10 Å². The highest BCUT2D eigenvalue weighted by Crippen LogP contribution is 2.24. The lowest BCUT2D eigenvalue weighted by molar-refractivity contribution is 0.806. The van der Waals surface area contributed by atoms with Crippen LogP contribution in [0.25, 0.3) is 5.69 Å². The largest absolute Gasteiger partial charge is 0.316 e. The monoisotopic (exact) mass is 307 g/mol. The van der Waals surface area contributed by atoms with Gasteiger partial charge in [-0.15, -0.1) is 0 Å². The fourth-order valence-electron chi connectivity index (χ4n) is 2.13. The van der Waals surface area contributed by atoms with Crippen LogP contribution in [0.2, 0.25) is 0 Å². The van der Waals surface area contributed by atoms with Crippen LogP contribution >= 0.6 is 15.9 Å². The van der Waals surface area contributed by atoms with Crippen LogP contribution < -0.4 is 5.32 Å². The highest BCUT2D eigenvalue weighted by molar-refractivity contribution is 9.10. The Morgan fingerprint density at radius 2 is 2.00 bits per heavy atom. The molecule has 0 aliphatic rings. The van der Waals surface area contributed by atoms with Gasteiger partial charge in [0, 0.05) is 6.54 Å². The lowest BCUT2D eigenvalue weighted by atomic mass is 10.1. The van der Waals surface area contributed by atoms with Gasteiger partial charge < -0.3 is 5.32 Å². The van der Waals surface area contributed by atoms with Crippen molar-refractivity contribution in [3.8, 4) is 5.69 Å². The Morgan fingerprint density at radius 1 is 1.28 bits per heavy atom. The highest BCUT2D eigenvalue weighted by atomic mass is 79.9. The fraction of sp³-hybridized carbons (Fsp3) is 0.357. The Hall–Kier alpha value is -1.13. The molecule has 4 heteroatoms. The molecule has 0 fully saturated rings. The number of benzene rings is 1. The number of rotatable bonds is 3. The molecule has 1 aromatic carbocycles. The fourth-order valence-corrected chi connectivity index (χ4v) is 2.37. The van der Waals surface area contributed by atoms with Crippen LogP contribution in [0.1, 0.15) is 22.5 Å². The predicted octanol–water partition coefficient (Wildman–Crippen LogP) is 3.28. The molecule has 0 unspecified atom stereocenters. The van der Waals surface area contributed by atoms with E-state index in [1.807, 2.05) is 18.7 Å². The van der Waals surface area contributed by atoms with E-state index in [0.29, 0.717) is 0 Å². The van der Waals surface area contributed by atoms with Gasteiger partial charge in [0.25, 0.3) is 0 Å². The summed E-state index contributed by atoms with van der Waals surface area (Å²) in [4.78, 5) is 0. The van der Waals surface area contributed by atoms with E-state index in [2.05, 4.69) is 58.4 Å². The maximum Gasteiger partial charge on any atom is 0.0743 e. The Kier molecular flexibility index (Phi) is 3.88. The molecule has 3 nitrogen and oxygen atoms in total. The van der Waals surface area contributed by atoms with E-state index in [1.165, 1.54) is 11.1 Å². The van der Waals surface area contributed by atoms with E-state index in [1.54, 1.807) is 0 Å². The Labute approximate surface area is 116 Å². The topological polar surface area (TPSA) is 29.9 Å². The molecular formula is C14H18BrN3. The number of hydrogen-bond donors (Lipinski definition) is 1. The van der Waals surface area contributed by atoms with Crippen molar-refractivity contribution in [1.29, 1.82) is 0 Å². The summed E-state index contributed by atoms with van der Waals surface area (Å²) in [6.45, 7) is 7.10. The summed E-state index contributed by atoms with van der Waals surface area (Å²) >= 11 is 3.57. The maximum absolute atomic E-state index is 4.57. The third kappa shape index (κ3) is 2.35. The normalized spacial score (nSPS) is 10.9. The molecule has 0 atom stereocenters. The molecule has 2 rings (SSSR count). The average Bonchev–Trinajstić information content (AvgIpc) is 2.58. The summed E-state index contributed by atoms with van der Waals surface area (Å²) in [7, 11) is 1.96. The third-order valence-electron chi connectivity index (χ3n) is 3.07. The molecule has 18 heavy (non-hydrogen) atoms. The van der Waals surface area contributed by atoms with Crippen molar-refractivity contribution >= 4 is 15.9 Å². The van der Waals surface area contributed by atoms with Crippen molar-refractivity contribution in [2.75, 3.05) is 7.05 Å². The maximum atomic E-state index is 4.57. The first-order valence-corrected chi connectivity index (χ1v) is 6.80. The van der Waals surface area contributed by atoms with Crippen LogP contribution in [-0.2, 0) is 6.54 Å². The molecule has 2 aromatic rings.